The van der Waals surface area contributed by atoms with Crippen LogP contribution in [0, 0.1) is 5.92 Å². The largest absolute Gasteiger partial charge is 0.370 e. The Balaban J connectivity index is 1.66. The van der Waals surface area contributed by atoms with E-state index in [4.69, 9.17) is 16.3 Å². The molecule has 118 valence electrons. The second-order valence-electron chi connectivity index (χ2n) is 5.87. The Bertz CT molecular complexity index is 575. The van der Waals surface area contributed by atoms with Gasteiger partial charge in [0.25, 0.3) is 0 Å². The number of carbonyl (C=O) groups excluding carboxylic acids is 2. The molecule has 2 atom stereocenters. The van der Waals surface area contributed by atoms with Gasteiger partial charge in [-0.2, -0.15) is 0 Å². The summed E-state index contributed by atoms with van der Waals surface area (Å²) in [6, 6.07) is 7.50. The van der Waals surface area contributed by atoms with Crippen LogP contribution >= 0.6 is 11.6 Å². The highest BCUT2D eigenvalue weighted by Crippen LogP contribution is 2.26. The fourth-order valence-electron chi connectivity index (χ4n) is 3.02. The number of carbonyl (C=O) groups is 2. The zero-order valence-corrected chi connectivity index (χ0v) is 13.3. The van der Waals surface area contributed by atoms with Gasteiger partial charge in [-0.25, -0.2) is 0 Å². The molecular weight excluding hydrogens is 304 g/mol. The third-order valence-electron chi connectivity index (χ3n) is 4.31. The summed E-state index contributed by atoms with van der Waals surface area (Å²) in [4.78, 5) is 27.6. The number of morpholine rings is 1. The maximum atomic E-state index is 12.6. The lowest BCUT2D eigenvalue weighted by molar-refractivity contribution is -0.143. The molecule has 2 aliphatic rings. The van der Waals surface area contributed by atoms with Gasteiger partial charge in [0.1, 0.15) is 6.10 Å². The van der Waals surface area contributed by atoms with Gasteiger partial charge in [0.2, 0.25) is 11.8 Å². The first-order chi connectivity index (χ1) is 10.5. The maximum absolute atomic E-state index is 12.6. The first-order valence-corrected chi connectivity index (χ1v) is 7.82. The summed E-state index contributed by atoms with van der Waals surface area (Å²) in [5.41, 5.74) is 1.02. The molecule has 2 amide bonds. The molecule has 0 spiro atoms. The molecule has 1 aromatic rings. The first-order valence-electron chi connectivity index (χ1n) is 7.44. The molecule has 0 N–H and O–H groups in total. The molecule has 2 saturated heterocycles. The second-order valence-corrected chi connectivity index (χ2v) is 6.31. The molecular formula is C16H19ClN2O3. The lowest BCUT2D eigenvalue weighted by atomic mass is 10.0. The van der Waals surface area contributed by atoms with Crippen LogP contribution in [-0.4, -0.2) is 54.9 Å². The van der Waals surface area contributed by atoms with Crippen LogP contribution in [0.5, 0.6) is 0 Å². The molecule has 5 nitrogen and oxygen atoms in total. The van der Waals surface area contributed by atoms with Gasteiger partial charge in [0, 0.05) is 31.6 Å². The van der Waals surface area contributed by atoms with Crippen molar-refractivity contribution in [2.24, 2.45) is 5.92 Å². The predicted octanol–water partition coefficient (Wildman–Crippen LogP) is 1.72. The van der Waals surface area contributed by atoms with Gasteiger partial charge in [-0.1, -0.05) is 23.7 Å². The Hall–Kier alpha value is -1.59. The van der Waals surface area contributed by atoms with Crippen LogP contribution in [0.15, 0.2) is 24.3 Å². The summed E-state index contributed by atoms with van der Waals surface area (Å²) in [5, 5.41) is 0.681. The van der Waals surface area contributed by atoms with Crippen molar-refractivity contribution in [2.45, 2.75) is 12.5 Å². The van der Waals surface area contributed by atoms with Crippen LogP contribution < -0.4 is 0 Å². The van der Waals surface area contributed by atoms with Gasteiger partial charge in [0.05, 0.1) is 19.1 Å². The minimum Gasteiger partial charge on any atom is -0.370 e. The number of hydrogen-bond donors (Lipinski definition) is 0. The molecule has 1 aromatic carbocycles. The molecule has 0 unspecified atom stereocenters. The Morgan fingerprint density at radius 1 is 1.27 bits per heavy atom. The lowest BCUT2D eigenvalue weighted by Crippen LogP contribution is -2.45. The average molecular weight is 323 g/mol. The van der Waals surface area contributed by atoms with Gasteiger partial charge >= 0.3 is 0 Å². The topological polar surface area (TPSA) is 49.9 Å². The van der Waals surface area contributed by atoms with Gasteiger partial charge < -0.3 is 14.5 Å². The lowest BCUT2D eigenvalue weighted by Gasteiger charge is -2.34. The molecule has 0 radical (unpaired) electrons. The van der Waals surface area contributed by atoms with Crippen molar-refractivity contribution in [3.05, 3.63) is 34.9 Å². The number of rotatable bonds is 2. The smallest absolute Gasteiger partial charge is 0.228 e. The average Bonchev–Trinajstić information content (AvgIpc) is 2.87. The van der Waals surface area contributed by atoms with Crippen LogP contribution in [0.2, 0.25) is 5.02 Å². The molecule has 2 aliphatic heterocycles. The SMILES string of the molecule is CN1C[C@@H](C(=O)N2CCO[C@@H](c3ccc(Cl)cc3)C2)CC1=O. The summed E-state index contributed by atoms with van der Waals surface area (Å²) in [6.45, 7) is 2.13. The molecule has 22 heavy (non-hydrogen) atoms. The number of likely N-dealkylation sites (tertiary alicyclic amines) is 1. The minimum absolute atomic E-state index is 0.0425. The summed E-state index contributed by atoms with van der Waals surface area (Å²) in [5.74, 6) is -0.123. The summed E-state index contributed by atoms with van der Waals surface area (Å²) in [7, 11) is 1.74. The second kappa shape index (κ2) is 6.26. The Kier molecular flexibility index (Phi) is 4.36. The van der Waals surface area contributed by atoms with Crippen LogP contribution in [0.25, 0.3) is 0 Å². The third kappa shape index (κ3) is 3.10. The van der Waals surface area contributed by atoms with Crippen molar-refractivity contribution in [1.82, 2.24) is 9.80 Å². The van der Waals surface area contributed by atoms with Crippen molar-refractivity contribution >= 4 is 23.4 Å². The summed E-state index contributed by atoms with van der Waals surface area (Å²) < 4.78 is 5.77. The van der Waals surface area contributed by atoms with E-state index in [1.807, 2.05) is 29.2 Å². The Morgan fingerprint density at radius 2 is 2.00 bits per heavy atom. The van der Waals surface area contributed by atoms with Crippen molar-refractivity contribution in [3.8, 4) is 0 Å². The number of nitrogens with zero attached hydrogens (tertiary/aromatic N) is 2. The monoisotopic (exact) mass is 322 g/mol. The molecule has 6 heteroatoms. The van der Waals surface area contributed by atoms with Crippen molar-refractivity contribution in [1.29, 1.82) is 0 Å². The highest BCUT2D eigenvalue weighted by molar-refractivity contribution is 6.30. The molecule has 0 saturated carbocycles. The summed E-state index contributed by atoms with van der Waals surface area (Å²) >= 11 is 5.90. The van der Waals surface area contributed by atoms with Crippen molar-refractivity contribution < 1.29 is 14.3 Å². The highest BCUT2D eigenvalue weighted by atomic mass is 35.5. The van der Waals surface area contributed by atoms with E-state index in [9.17, 15) is 9.59 Å². The molecule has 0 aromatic heterocycles. The fraction of sp³-hybridized carbons (Fsp3) is 0.500. The molecule has 0 bridgehead atoms. The molecule has 2 fully saturated rings. The van der Waals surface area contributed by atoms with Crippen molar-refractivity contribution in [2.75, 3.05) is 33.3 Å². The maximum Gasteiger partial charge on any atom is 0.228 e. The van der Waals surface area contributed by atoms with E-state index in [0.29, 0.717) is 37.7 Å². The van der Waals surface area contributed by atoms with E-state index in [1.54, 1.807) is 11.9 Å². The number of amides is 2. The van der Waals surface area contributed by atoms with Crippen LogP contribution in [0.4, 0.5) is 0 Å². The van der Waals surface area contributed by atoms with E-state index >= 15 is 0 Å². The van der Waals surface area contributed by atoms with Crippen molar-refractivity contribution in [3.63, 3.8) is 0 Å². The van der Waals surface area contributed by atoms with E-state index < -0.39 is 0 Å². The van der Waals surface area contributed by atoms with Crippen LogP contribution in [0.1, 0.15) is 18.1 Å². The van der Waals surface area contributed by atoms with E-state index in [1.165, 1.54) is 0 Å². The first kappa shape index (κ1) is 15.3. The van der Waals surface area contributed by atoms with Crippen LogP contribution in [-0.2, 0) is 14.3 Å². The Morgan fingerprint density at radius 3 is 2.64 bits per heavy atom. The quantitative estimate of drug-likeness (QED) is 0.833. The Labute approximate surface area is 134 Å². The standard InChI is InChI=1S/C16H19ClN2O3/c1-18-9-12(8-15(18)20)16(21)19-6-7-22-14(10-19)11-2-4-13(17)5-3-11/h2-5,12,14H,6-10H2,1H3/t12-,14+/m0/s1. The third-order valence-corrected chi connectivity index (χ3v) is 4.56. The molecule has 0 aliphatic carbocycles. The number of ether oxygens (including phenoxy) is 1. The van der Waals surface area contributed by atoms with Gasteiger partial charge in [-0.3, -0.25) is 9.59 Å². The number of halogens is 1. The van der Waals surface area contributed by atoms with E-state index in [-0.39, 0.29) is 23.8 Å². The van der Waals surface area contributed by atoms with E-state index in [0.717, 1.165) is 5.56 Å². The zero-order chi connectivity index (χ0) is 15.7. The van der Waals surface area contributed by atoms with Gasteiger partial charge in [-0.15, -0.1) is 0 Å². The normalized spacial score (nSPS) is 25.6. The number of hydrogen-bond acceptors (Lipinski definition) is 3. The van der Waals surface area contributed by atoms with Crippen LogP contribution in [0.3, 0.4) is 0 Å². The van der Waals surface area contributed by atoms with Gasteiger partial charge in [0.15, 0.2) is 0 Å². The fourth-order valence-corrected chi connectivity index (χ4v) is 3.14. The predicted molar refractivity (Wildman–Crippen MR) is 82.5 cm³/mol. The van der Waals surface area contributed by atoms with E-state index in [2.05, 4.69) is 0 Å². The summed E-state index contributed by atoms with van der Waals surface area (Å²) in [6.07, 6.45) is 0.183. The highest BCUT2D eigenvalue weighted by Gasteiger charge is 2.36. The zero-order valence-electron chi connectivity index (χ0n) is 12.5. The van der Waals surface area contributed by atoms with Gasteiger partial charge in [-0.05, 0) is 17.7 Å². The molecule has 2 heterocycles. The number of benzene rings is 1. The minimum atomic E-state index is -0.221. The molecule has 3 rings (SSSR count).